The summed E-state index contributed by atoms with van der Waals surface area (Å²) in [7, 11) is -0.812. The van der Waals surface area contributed by atoms with Gasteiger partial charge in [0.25, 0.3) is 0 Å². The summed E-state index contributed by atoms with van der Waals surface area (Å²) in [4.78, 5) is 16.5. The number of hydrogen-bond donors (Lipinski definition) is 0. The summed E-state index contributed by atoms with van der Waals surface area (Å²) >= 11 is 0. The zero-order chi connectivity index (χ0) is 16.2. The van der Waals surface area contributed by atoms with Gasteiger partial charge in [-0.3, -0.25) is 9.78 Å². The number of ketones is 1. The predicted molar refractivity (Wildman–Crippen MR) is 88.8 cm³/mol. The molecule has 0 spiro atoms. The van der Waals surface area contributed by atoms with E-state index in [0.29, 0.717) is 17.9 Å². The van der Waals surface area contributed by atoms with Crippen LogP contribution in [0.25, 0.3) is 0 Å². The van der Waals surface area contributed by atoms with Gasteiger partial charge in [-0.1, -0.05) is 34.6 Å². The molecule has 0 aliphatic heterocycles. The Morgan fingerprint density at radius 1 is 1.29 bits per heavy atom. The average molecular weight is 307 g/mol. The summed E-state index contributed by atoms with van der Waals surface area (Å²) in [6.07, 6.45) is 2.23. The molecule has 1 aromatic heterocycles. The Morgan fingerprint density at radius 3 is 2.29 bits per heavy atom. The number of aromatic nitrogens is 1. The molecule has 117 valence electrons. The lowest BCUT2D eigenvalue weighted by Gasteiger charge is -2.32. The molecule has 1 radical (unpaired) electrons. The fourth-order valence-electron chi connectivity index (χ4n) is 2.13. The molecule has 3 nitrogen and oxygen atoms in total. The number of hydrogen-bond acceptors (Lipinski definition) is 3. The van der Waals surface area contributed by atoms with Gasteiger partial charge in [0.1, 0.15) is 0 Å². The molecule has 0 aliphatic rings. The first kappa shape index (κ1) is 18.0. The number of Topliss-reactive ketones (excluding diaryl/α,β-unsaturated/α-hetero) is 1. The largest absolute Gasteiger partial charge is 0.408 e. The highest BCUT2D eigenvalue weighted by Crippen LogP contribution is 2.35. The third-order valence-electron chi connectivity index (χ3n) is 3.11. The number of carbonyl (C=O) groups excluding carboxylic acids is 1. The minimum atomic E-state index is -0.812. The van der Waals surface area contributed by atoms with Crippen molar-refractivity contribution in [3.63, 3.8) is 0 Å². The van der Waals surface area contributed by atoms with Crippen LogP contribution in [0.1, 0.15) is 63.2 Å². The van der Waals surface area contributed by atoms with Crippen LogP contribution in [0.15, 0.2) is 18.3 Å². The molecular weight excluding hydrogens is 278 g/mol. The zero-order valence-electron chi connectivity index (χ0n) is 14.4. The van der Waals surface area contributed by atoms with Crippen LogP contribution >= 0.6 is 0 Å². The van der Waals surface area contributed by atoms with Gasteiger partial charge in [0.2, 0.25) is 9.04 Å². The van der Waals surface area contributed by atoms with Crippen LogP contribution in [-0.2, 0) is 4.43 Å². The van der Waals surface area contributed by atoms with Gasteiger partial charge in [0.15, 0.2) is 5.78 Å². The van der Waals surface area contributed by atoms with E-state index in [1.54, 1.807) is 6.20 Å². The zero-order valence-corrected chi connectivity index (χ0v) is 15.4. The first-order chi connectivity index (χ1) is 9.61. The highest BCUT2D eigenvalue weighted by molar-refractivity contribution is 6.48. The van der Waals surface area contributed by atoms with E-state index >= 15 is 0 Å². The van der Waals surface area contributed by atoms with Crippen LogP contribution < -0.4 is 0 Å². The molecule has 0 bridgehead atoms. The second kappa shape index (κ2) is 7.32. The third-order valence-corrected chi connectivity index (χ3v) is 3.82. The van der Waals surface area contributed by atoms with E-state index in [2.05, 4.69) is 52.7 Å². The molecule has 0 aromatic carbocycles. The Morgan fingerprint density at radius 2 is 1.90 bits per heavy atom. The highest BCUT2D eigenvalue weighted by Gasteiger charge is 2.29. The van der Waals surface area contributed by atoms with Crippen LogP contribution in [0.2, 0.25) is 13.1 Å². The quantitative estimate of drug-likeness (QED) is 0.566. The average Bonchev–Trinajstić information content (AvgIpc) is 2.34. The summed E-state index contributed by atoms with van der Waals surface area (Å²) in [5.74, 6) is 0.529. The Kier molecular flexibility index (Phi) is 6.29. The summed E-state index contributed by atoms with van der Waals surface area (Å²) in [5.41, 5.74) is 1.59. The monoisotopic (exact) mass is 306 g/mol. The van der Waals surface area contributed by atoms with Crippen LogP contribution in [0, 0.1) is 11.3 Å². The van der Waals surface area contributed by atoms with Crippen molar-refractivity contribution in [3.05, 3.63) is 29.6 Å². The Balaban J connectivity index is 2.95. The minimum Gasteiger partial charge on any atom is -0.408 e. The smallest absolute Gasteiger partial charge is 0.205 e. The van der Waals surface area contributed by atoms with Gasteiger partial charge in [-0.25, -0.2) is 0 Å². The molecule has 0 saturated carbocycles. The summed E-state index contributed by atoms with van der Waals surface area (Å²) in [6.45, 7) is 14.8. The van der Waals surface area contributed by atoms with E-state index in [9.17, 15) is 4.79 Å². The Bertz CT molecular complexity index is 461. The summed E-state index contributed by atoms with van der Waals surface area (Å²) in [6, 6.07) is 3.82. The summed E-state index contributed by atoms with van der Waals surface area (Å²) in [5, 5.41) is 0. The highest BCUT2D eigenvalue weighted by atomic mass is 28.3. The molecule has 0 N–H and O–H groups in total. The van der Waals surface area contributed by atoms with Gasteiger partial charge in [0.05, 0.1) is 11.8 Å². The maximum atomic E-state index is 12.0. The van der Waals surface area contributed by atoms with E-state index in [4.69, 9.17) is 4.43 Å². The van der Waals surface area contributed by atoms with Crippen molar-refractivity contribution in [2.45, 2.75) is 60.2 Å². The third kappa shape index (κ3) is 5.71. The molecule has 0 saturated heterocycles. The first-order valence-corrected chi connectivity index (χ1v) is 9.98. The van der Waals surface area contributed by atoms with E-state index in [0.717, 1.165) is 5.69 Å². The fraction of sp³-hybridized carbons (Fsp3) is 0.647. The lowest BCUT2D eigenvalue weighted by Crippen LogP contribution is -2.26. The van der Waals surface area contributed by atoms with Crippen LogP contribution in [0.4, 0.5) is 0 Å². The fourth-order valence-corrected chi connectivity index (χ4v) is 3.08. The molecule has 1 atom stereocenters. The van der Waals surface area contributed by atoms with Gasteiger partial charge in [-0.15, -0.1) is 0 Å². The number of carbonyl (C=O) groups is 1. The summed E-state index contributed by atoms with van der Waals surface area (Å²) < 4.78 is 6.12. The van der Waals surface area contributed by atoms with Crippen LogP contribution in [-0.4, -0.2) is 19.8 Å². The van der Waals surface area contributed by atoms with Gasteiger partial charge in [-0.2, -0.15) is 0 Å². The van der Waals surface area contributed by atoms with Gasteiger partial charge < -0.3 is 4.43 Å². The van der Waals surface area contributed by atoms with E-state index < -0.39 is 9.04 Å². The van der Waals surface area contributed by atoms with Crippen molar-refractivity contribution >= 4 is 14.8 Å². The Labute approximate surface area is 130 Å². The molecule has 0 fully saturated rings. The van der Waals surface area contributed by atoms with Crippen LogP contribution in [0.3, 0.4) is 0 Å². The lowest BCUT2D eigenvalue weighted by molar-refractivity contribution is 0.0826. The Hall–Kier alpha value is -1.00. The second-order valence-corrected chi connectivity index (χ2v) is 9.32. The first-order valence-electron chi connectivity index (χ1n) is 7.57. The van der Waals surface area contributed by atoms with Crippen molar-refractivity contribution in [2.24, 2.45) is 11.3 Å². The lowest BCUT2D eigenvalue weighted by atomic mass is 9.87. The maximum absolute atomic E-state index is 12.0. The molecule has 1 aromatic rings. The molecular formula is C17H28NO2Si. The van der Waals surface area contributed by atoms with Gasteiger partial charge >= 0.3 is 0 Å². The molecule has 1 rings (SSSR count). The van der Waals surface area contributed by atoms with Crippen molar-refractivity contribution in [1.29, 1.82) is 0 Å². The normalized spacial score (nSPS) is 13.8. The van der Waals surface area contributed by atoms with Crippen LogP contribution in [0.5, 0.6) is 0 Å². The number of nitrogens with zero attached hydrogens (tertiary/aromatic N) is 1. The molecule has 1 heterocycles. The molecule has 1 unspecified atom stereocenters. The second-order valence-electron chi connectivity index (χ2n) is 7.27. The topological polar surface area (TPSA) is 39.2 Å². The van der Waals surface area contributed by atoms with Gasteiger partial charge in [-0.05, 0) is 36.6 Å². The van der Waals surface area contributed by atoms with E-state index in [1.807, 2.05) is 12.1 Å². The van der Waals surface area contributed by atoms with Crippen molar-refractivity contribution in [1.82, 2.24) is 4.98 Å². The number of pyridine rings is 1. The van der Waals surface area contributed by atoms with Crippen molar-refractivity contribution < 1.29 is 9.22 Å². The standard InChI is InChI=1S/C17H28NO2Si/c1-12(2)10-15(19)13-8-9-14(18-11-13)16(17(3,4)5)20-21(6)7/h8-9,11-12,16H,10H2,1-7H3. The molecule has 0 aliphatic carbocycles. The van der Waals surface area contributed by atoms with Gasteiger partial charge in [0, 0.05) is 18.2 Å². The van der Waals surface area contributed by atoms with E-state index in [-0.39, 0.29) is 17.3 Å². The van der Waals surface area contributed by atoms with Crippen molar-refractivity contribution in [3.8, 4) is 0 Å². The van der Waals surface area contributed by atoms with E-state index in [1.165, 1.54) is 0 Å². The SMILES string of the molecule is CC(C)CC(=O)c1ccc(C(O[Si](C)C)C(C)(C)C)nc1. The maximum Gasteiger partial charge on any atom is 0.205 e. The number of rotatable bonds is 6. The predicted octanol–water partition coefficient (Wildman–Crippen LogP) is 4.67. The minimum absolute atomic E-state index is 0.0155. The molecule has 21 heavy (non-hydrogen) atoms. The van der Waals surface area contributed by atoms with Crippen molar-refractivity contribution in [2.75, 3.05) is 0 Å². The molecule has 4 heteroatoms. The molecule has 0 amide bonds.